The van der Waals surface area contributed by atoms with Gasteiger partial charge in [0.2, 0.25) is 15.9 Å². The van der Waals surface area contributed by atoms with Crippen molar-refractivity contribution >= 4 is 27.6 Å². The van der Waals surface area contributed by atoms with E-state index in [9.17, 15) is 23.1 Å². The second-order valence-electron chi connectivity index (χ2n) is 9.03. The topological polar surface area (TPSA) is 142 Å². The molecule has 0 aromatic heterocycles. The Hall–Kier alpha value is -2.11. The van der Waals surface area contributed by atoms with Gasteiger partial charge in [-0.1, -0.05) is 32.0 Å². The normalized spacial score (nSPS) is 12.1. The molecule has 0 unspecified atom stereocenters. The van der Waals surface area contributed by atoms with Crippen molar-refractivity contribution in [2.24, 2.45) is 5.92 Å². The van der Waals surface area contributed by atoms with Gasteiger partial charge in [0.25, 0.3) is 0 Å². The van der Waals surface area contributed by atoms with Crippen molar-refractivity contribution in [2.75, 3.05) is 25.9 Å². The number of ether oxygens (including phenoxy) is 1. The molecule has 11 heteroatoms. The van der Waals surface area contributed by atoms with Crippen LogP contribution in [-0.4, -0.2) is 50.8 Å². The maximum absolute atomic E-state index is 13.3. The number of unbranched alkanes of at least 4 members (excludes halogenated alkanes) is 1. The Balaban J connectivity index is 0.00000684. The van der Waals surface area contributed by atoms with E-state index in [2.05, 4.69) is 5.32 Å². The van der Waals surface area contributed by atoms with Gasteiger partial charge in [-0.15, -0.1) is 0 Å². The number of nitrogens with one attached hydrogen (secondary N) is 1. The Morgan fingerprint density at radius 3 is 2.32 bits per heavy atom. The second-order valence-corrected chi connectivity index (χ2v) is 10.9. The molecule has 1 atom stereocenters. The van der Waals surface area contributed by atoms with Gasteiger partial charge in [-0.05, 0) is 67.5 Å². The summed E-state index contributed by atoms with van der Waals surface area (Å²) in [7, 11) is -2.49. The van der Waals surface area contributed by atoms with Gasteiger partial charge in [0.1, 0.15) is 5.75 Å². The Labute approximate surface area is 242 Å². The predicted molar refractivity (Wildman–Crippen MR) is 137 cm³/mol. The molecule has 0 aliphatic carbocycles. The third kappa shape index (κ3) is 10.3. The van der Waals surface area contributed by atoms with Crippen LogP contribution >= 0.6 is 0 Å². The number of sulfonamides is 1. The number of aliphatic carboxylic acids is 1. The smallest absolute Gasteiger partial charge is 0.548 e. The van der Waals surface area contributed by atoms with E-state index in [1.807, 2.05) is 38.1 Å². The standard InChI is InChI=1S/C26H37N3O6S.Na/c1-19(2)18-29(36(33,34)22-14-12-21(27)13-15-22)23(26(31)32)9-6-7-17-28-25(30)16-11-20-8-4-5-10-24(20)35-3;/h4-5,8,10,12-15,19,23H,6-7,9,11,16-18,27H2,1-3H3,(H,28,30)(H,31,32);/q;+1/p-1/t23-;/m0./s1. The quantitative estimate of drug-likeness (QED) is 0.167. The Kier molecular flexibility index (Phi) is 14.2. The maximum atomic E-state index is 13.3. The van der Waals surface area contributed by atoms with Gasteiger partial charge in [0.15, 0.2) is 0 Å². The number of benzene rings is 2. The number of hydrogen-bond acceptors (Lipinski definition) is 7. The minimum absolute atomic E-state index is 0. The predicted octanol–water partition coefficient (Wildman–Crippen LogP) is -1.03. The summed E-state index contributed by atoms with van der Waals surface area (Å²) in [5.74, 6) is -0.934. The SMILES string of the molecule is COc1ccccc1CCC(=O)NCCCC[C@@H](C(=O)[O-])N(CC(C)C)S(=O)(=O)c1ccc(N)cc1.[Na+]. The number of nitrogen functional groups attached to an aromatic ring is 1. The number of carbonyl (C=O) groups is 2. The summed E-state index contributed by atoms with van der Waals surface area (Å²) < 4.78 is 32.8. The third-order valence-electron chi connectivity index (χ3n) is 5.69. The van der Waals surface area contributed by atoms with Crippen LogP contribution in [0.5, 0.6) is 5.75 Å². The summed E-state index contributed by atoms with van der Waals surface area (Å²) in [5.41, 5.74) is 7.02. The molecule has 2 aromatic rings. The average molecular weight is 542 g/mol. The minimum Gasteiger partial charge on any atom is -0.548 e. The number of methoxy groups -OCH3 is 1. The number of carboxylic acid groups (broad SMARTS) is 1. The first kappa shape index (κ1) is 32.9. The first-order valence-corrected chi connectivity index (χ1v) is 13.5. The van der Waals surface area contributed by atoms with E-state index in [0.29, 0.717) is 37.9 Å². The molecule has 2 aromatic carbocycles. The summed E-state index contributed by atoms with van der Waals surface area (Å²) in [4.78, 5) is 24.2. The van der Waals surface area contributed by atoms with Crippen LogP contribution in [0.25, 0.3) is 0 Å². The molecule has 0 bridgehead atoms. The van der Waals surface area contributed by atoms with Crippen molar-refractivity contribution < 1.29 is 57.4 Å². The van der Waals surface area contributed by atoms with Crippen molar-refractivity contribution in [1.82, 2.24) is 9.62 Å². The molecule has 0 fully saturated rings. The second kappa shape index (κ2) is 16.0. The van der Waals surface area contributed by atoms with Crippen molar-refractivity contribution in [2.45, 2.75) is 56.9 Å². The van der Waals surface area contributed by atoms with E-state index in [1.54, 1.807) is 7.11 Å². The molecule has 1 amide bonds. The van der Waals surface area contributed by atoms with Crippen molar-refractivity contribution in [3.05, 3.63) is 54.1 Å². The van der Waals surface area contributed by atoms with Crippen LogP contribution < -0.4 is 50.5 Å². The van der Waals surface area contributed by atoms with Crippen LogP contribution in [0.2, 0.25) is 0 Å². The first-order chi connectivity index (χ1) is 17.1. The molecule has 9 nitrogen and oxygen atoms in total. The molecule has 0 aliphatic heterocycles. The number of nitrogens with zero attached hydrogens (tertiary/aromatic N) is 1. The molecular formula is C26H36N3NaO6S. The molecule has 0 saturated heterocycles. The van der Waals surface area contributed by atoms with Gasteiger partial charge in [-0.2, -0.15) is 4.31 Å². The van der Waals surface area contributed by atoms with Crippen LogP contribution in [0.15, 0.2) is 53.4 Å². The van der Waals surface area contributed by atoms with E-state index in [4.69, 9.17) is 10.5 Å². The summed E-state index contributed by atoms with van der Waals surface area (Å²) in [6.45, 7) is 4.03. The van der Waals surface area contributed by atoms with Crippen molar-refractivity contribution in [3.8, 4) is 5.75 Å². The molecular weight excluding hydrogens is 505 g/mol. The molecule has 37 heavy (non-hydrogen) atoms. The van der Waals surface area contributed by atoms with Crippen LogP contribution in [0.4, 0.5) is 5.69 Å². The Morgan fingerprint density at radius 1 is 1.08 bits per heavy atom. The Morgan fingerprint density at radius 2 is 1.73 bits per heavy atom. The minimum atomic E-state index is -4.08. The molecule has 0 saturated carbocycles. The van der Waals surface area contributed by atoms with Crippen LogP contribution in [0, 0.1) is 5.92 Å². The zero-order chi connectivity index (χ0) is 26.7. The summed E-state index contributed by atoms with van der Waals surface area (Å²) in [6, 6.07) is 11.8. The van der Waals surface area contributed by atoms with Gasteiger partial charge < -0.3 is 25.7 Å². The van der Waals surface area contributed by atoms with Crippen molar-refractivity contribution in [1.29, 1.82) is 0 Å². The fourth-order valence-electron chi connectivity index (χ4n) is 3.84. The van der Waals surface area contributed by atoms with E-state index < -0.39 is 22.0 Å². The van der Waals surface area contributed by atoms with Gasteiger partial charge in [-0.3, -0.25) is 4.79 Å². The number of aryl methyl sites for hydroxylation is 1. The summed E-state index contributed by atoms with van der Waals surface area (Å²) in [5, 5.41) is 14.8. The van der Waals surface area contributed by atoms with Gasteiger partial charge >= 0.3 is 29.6 Å². The molecule has 0 spiro atoms. The van der Waals surface area contributed by atoms with E-state index in [1.165, 1.54) is 24.3 Å². The maximum Gasteiger partial charge on any atom is 1.00 e. The number of carbonyl (C=O) groups excluding carboxylic acids is 2. The molecule has 198 valence electrons. The number of nitrogens with two attached hydrogens (primary N) is 1. The number of carboxylic acids is 1. The van der Waals surface area contributed by atoms with Gasteiger partial charge in [0.05, 0.1) is 24.0 Å². The van der Waals surface area contributed by atoms with Gasteiger partial charge in [-0.25, -0.2) is 8.42 Å². The first-order valence-electron chi connectivity index (χ1n) is 12.0. The largest absolute Gasteiger partial charge is 1.00 e. The number of rotatable bonds is 15. The molecule has 0 heterocycles. The zero-order valence-corrected chi connectivity index (χ0v) is 24.9. The van der Waals surface area contributed by atoms with Crippen LogP contribution in [-0.2, 0) is 26.0 Å². The molecule has 0 radical (unpaired) electrons. The van der Waals surface area contributed by atoms with Crippen LogP contribution in [0.3, 0.4) is 0 Å². The average Bonchev–Trinajstić information content (AvgIpc) is 2.83. The van der Waals surface area contributed by atoms with Crippen molar-refractivity contribution in [3.63, 3.8) is 0 Å². The summed E-state index contributed by atoms with van der Waals surface area (Å²) in [6.07, 6.45) is 1.80. The Bertz CT molecular complexity index is 1110. The number of anilines is 1. The molecule has 3 N–H and O–H groups in total. The van der Waals surface area contributed by atoms with E-state index in [-0.39, 0.29) is 59.2 Å². The third-order valence-corrected chi connectivity index (χ3v) is 7.58. The molecule has 0 aliphatic rings. The number of amides is 1. The zero-order valence-electron chi connectivity index (χ0n) is 22.1. The number of hydrogen-bond donors (Lipinski definition) is 2. The van der Waals surface area contributed by atoms with Gasteiger partial charge in [0, 0.05) is 25.2 Å². The molecule has 2 rings (SSSR count). The fourth-order valence-corrected chi connectivity index (χ4v) is 5.62. The fraction of sp³-hybridized carbons (Fsp3) is 0.462. The number of para-hydroxylation sites is 1. The monoisotopic (exact) mass is 541 g/mol. The summed E-state index contributed by atoms with van der Waals surface area (Å²) >= 11 is 0. The van der Waals surface area contributed by atoms with E-state index in [0.717, 1.165) is 15.6 Å². The van der Waals surface area contributed by atoms with Crippen LogP contribution in [0.1, 0.15) is 45.1 Å². The van der Waals surface area contributed by atoms with E-state index >= 15 is 0 Å².